The topological polar surface area (TPSA) is 121 Å². The van der Waals surface area contributed by atoms with E-state index in [1.807, 2.05) is 54.5 Å². The van der Waals surface area contributed by atoms with E-state index in [0.717, 1.165) is 18.0 Å². The number of alkyl halides is 3. The third-order valence-corrected chi connectivity index (χ3v) is 7.77. The number of carbonyl (C=O) groups is 2. The number of amides is 2. The first kappa shape index (κ1) is 36.7. The molecule has 0 N–H and O–H groups in total. The molecule has 0 saturated carbocycles. The molecule has 0 spiro atoms. The zero-order valence-electron chi connectivity index (χ0n) is 26.6. The Balaban J connectivity index is 0.000000301. The Morgan fingerprint density at radius 1 is 0.814 bits per heavy atom. The molecule has 43 heavy (non-hydrogen) atoms. The Bertz CT molecular complexity index is 1190. The number of carbonyl (C=O) groups excluding carboxylic acids is 2. The Morgan fingerprint density at radius 2 is 1.23 bits per heavy atom. The van der Waals surface area contributed by atoms with Crippen LogP contribution in [0, 0.1) is 0 Å². The highest BCUT2D eigenvalue weighted by atomic mass is 32.2. The quantitative estimate of drug-likeness (QED) is 0.222. The highest BCUT2D eigenvalue weighted by Gasteiger charge is 2.52. The third kappa shape index (κ3) is 10.6. The monoisotopic (exact) mass is 640 g/mol. The number of hydrogen-bond donors (Lipinski definition) is 0. The van der Waals surface area contributed by atoms with Crippen LogP contribution in [0.25, 0.3) is 0 Å². The average Bonchev–Trinajstić information content (AvgIpc) is 3.03. The van der Waals surface area contributed by atoms with E-state index in [4.69, 9.17) is 18.8 Å². The van der Waals surface area contributed by atoms with Crippen LogP contribution in [0.3, 0.4) is 0 Å². The molecule has 3 rings (SSSR count). The lowest BCUT2D eigenvalue weighted by atomic mass is 9.75. The van der Waals surface area contributed by atoms with E-state index < -0.39 is 32.9 Å². The summed E-state index contributed by atoms with van der Waals surface area (Å²) in [5, 5.41) is 0. The molecule has 0 unspecified atom stereocenters. The van der Waals surface area contributed by atoms with Crippen molar-refractivity contribution in [3.8, 4) is 0 Å². The van der Waals surface area contributed by atoms with E-state index in [-0.39, 0.29) is 49.7 Å². The molecule has 0 aromatic heterocycles. The van der Waals surface area contributed by atoms with Crippen LogP contribution in [0.2, 0.25) is 0 Å². The second kappa shape index (κ2) is 12.9. The highest BCUT2D eigenvalue weighted by molar-refractivity contribution is 7.87. The number of halogens is 3. The van der Waals surface area contributed by atoms with Gasteiger partial charge >= 0.3 is 34.9 Å². The molecular weight excluding hydrogens is 596 g/mol. The molecule has 0 aromatic rings. The molecule has 16 heteroatoms. The zero-order valence-corrected chi connectivity index (χ0v) is 27.4. The Labute approximate surface area is 252 Å². The summed E-state index contributed by atoms with van der Waals surface area (Å²) in [6, 6.07) is 0. The van der Waals surface area contributed by atoms with Crippen LogP contribution < -0.4 is 0 Å². The Morgan fingerprint density at radius 3 is 1.56 bits per heavy atom. The van der Waals surface area contributed by atoms with Crippen LogP contribution in [0.5, 0.6) is 0 Å². The molecule has 0 radical (unpaired) electrons. The van der Waals surface area contributed by atoms with Crippen molar-refractivity contribution in [2.75, 3.05) is 26.2 Å². The molecule has 0 bridgehead atoms. The summed E-state index contributed by atoms with van der Waals surface area (Å²) in [6.07, 6.45) is 2.84. The van der Waals surface area contributed by atoms with Crippen molar-refractivity contribution in [2.45, 2.75) is 110 Å². The van der Waals surface area contributed by atoms with Gasteiger partial charge in [-0.2, -0.15) is 21.6 Å². The summed E-state index contributed by atoms with van der Waals surface area (Å²) in [5.41, 5.74) is -6.19. The van der Waals surface area contributed by atoms with E-state index in [0.29, 0.717) is 13.1 Å². The minimum absolute atomic E-state index is 0.00806. The van der Waals surface area contributed by atoms with Crippen LogP contribution in [0.15, 0.2) is 23.4 Å². The van der Waals surface area contributed by atoms with Crippen molar-refractivity contribution in [2.24, 2.45) is 0 Å². The molecule has 3 aliphatic rings. The summed E-state index contributed by atoms with van der Waals surface area (Å²) in [6.45, 7) is 19.9. The maximum absolute atomic E-state index is 12.2. The van der Waals surface area contributed by atoms with Crippen molar-refractivity contribution < 1.29 is 54.1 Å². The fraction of sp³-hybridized carbons (Fsp3) is 0.778. The van der Waals surface area contributed by atoms with Crippen molar-refractivity contribution >= 4 is 29.4 Å². The SMILES string of the molecule is CC(C)(C)OC(=O)N1CC=C(B2OC(C)(C)C(C)(C)O2)CC1.CC(C)(C)OC(=O)N1CC=C(OS(=O)(=O)C(F)(F)F)CC1. The first-order chi connectivity index (χ1) is 19.2. The standard InChI is InChI=1S/C16H28BNO4.C11H16F3NO5S/c1-14(2,3)20-13(19)18-10-8-12(9-11-18)17-21-15(4,5)16(6,7)22-17;1-10(2,3)19-9(16)15-6-4-8(5-7-15)20-21(17,18)11(12,13)14/h8H,9-11H2,1-7H3;4H,5-7H2,1-3H3. The van der Waals surface area contributed by atoms with Gasteiger partial charge in [-0.15, -0.1) is 0 Å². The second-order valence-electron chi connectivity index (χ2n) is 13.4. The molecule has 1 fully saturated rings. The van der Waals surface area contributed by atoms with Crippen molar-refractivity contribution in [3.63, 3.8) is 0 Å². The largest absolute Gasteiger partial charge is 0.534 e. The van der Waals surface area contributed by atoms with Gasteiger partial charge in [0, 0.05) is 32.6 Å². The Hall–Kier alpha value is -2.46. The lowest BCUT2D eigenvalue weighted by molar-refractivity contribution is -0.0525. The summed E-state index contributed by atoms with van der Waals surface area (Å²) in [5.74, 6) is -0.341. The predicted molar refractivity (Wildman–Crippen MR) is 153 cm³/mol. The molecule has 246 valence electrons. The maximum Gasteiger partial charge on any atom is 0.534 e. The number of ether oxygens (including phenoxy) is 2. The van der Waals surface area contributed by atoms with E-state index in [1.165, 1.54) is 4.90 Å². The molecule has 0 aromatic carbocycles. The predicted octanol–water partition coefficient (Wildman–Crippen LogP) is 5.56. The van der Waals surface area contributed by atoms with Gasteiger partial charge in [-0.3, -0.25) is 0 Å². The lowest BCUT2D eigenvalue weighted by Crippen LogP contribution is -2.41. The van der Waals surface area contributed by atoms with Crippen LogP contribution in [-0.2, 0) is 33.1 Å². The van der Waals surface area contributed by atoms with Crippen LogP contribution >= 0.6 is 0 Å². The Kier molecular flexibility index (Phi) is 11.0. The van der Waals surface area contributed by atoms with E-state index in [1.54, 1.807) is 25.7 Å². The lowest BCUT2D eigenvalue weighted by Gasteiger charge is -2.32. The molecule has 0 aliphatic carbocycles. The molecule has 0 atom stereocenters. The number of hydrogen-bond acceptors (Lipinski definition) is 9. The normalized spacial score (nSPS) is 20.8. The second-order valence-corrected chi connectivity index (χ2v) is 14.9. The van der Waals surface area contributed by atoms with Crippen molar-refractivity contribution in [1.29, 1.82) is 0 Å². The fourth-order valence-corrected chi connectivity index (χ4v) is 4.32. The minimum Gasteiger partial charge on any atom is -0.444 e. The zero-order chi connectivity index (χ0) is 33.2. The van der Waals surface area contributed by atoms with Gasteiger partial charge in [0.25, 0.3) is 0 Å². The van der Waals surface area contributed by atoms with Gasteiger partial charge in [0.1, 0.15) is 17.0 Å². The molecule has 1 saturated heterocycles. The van der Waals surface area contributed by atoms with Crippen LogP contribution in [0.4, 0.5) is 22.8 Å². The summed E-state index contributed by atoms with van der Waals surface area (Å²) in [7, 11) is -5.98. The molecule has 3 heterocycles. The smallest absolute Gasteiger partial charge is 0.444 e. The first-order valence-corrected chi connectivity index (χ1v) is 15.3. The molecular formula is C27H44BF3N2O9S. The van der Waals surface area contributed by atoms with E-state index >= 15 is 0 Å². The molecule has 2 amide bonds. The van der Waals surface area contributed by atoms with Gasteiger partial charge < -0.3 is 32.8 Å². The number of nitrogens with zero attached hydrogens (tertiary/aromatic N) is 2. The van der Waals surface area contributed by atoms with Gasteiger partial charge in [0.05, 0.1) is 11.2 Å². The van der Waals surface area contributed by atoms with Crippen LogP contribution in [-0.4, -0.2) is 91.6 Å². The minimum atomic E-state index is -5.67. The maximum atomic E-state index is 12.2. The van der Waals surface area contributed by atoms with Gasteiger partial charge in [0.2, 0.25) is 0 Å². The van der Waals surface area contributed by atoms with Crippen molar-refractivity contribution in [3.05, 3.63) is 23.4 Å². The molecule has 3 aliphatic heterocycles. The molecule has 11 nitrogen and oxygen atoms in total. The van der Waals surface area contributed by atoms with Gasteiger partial charge in [0.15, 0.2) is 0 Å². The number of rotatable bonds is 3. The summed E-state index contributed by atoms with van der Waals surface area (Å²) in [4.78, 5) is 26.7. The van der Waals surface area contributed by atoms with Crippen LogP contribution in [0.1, 0.15) is 82.1 Å². The van der Waals surface area contributed by atoms with Gasteiger partial charge in [-0.1, -0.05) is 6.08 Å². The van der Waals surface area contributed by atoms with Gasteiger partial charge in [-0.05, 0) is 87.2 Å². The summed E-state index contributed by atoms with van der Waals surface area (Å²) < 4.78 is 84.7. The third-order valence-electron chi connectivity index (χ3n) is 6.77. The average molecular weight is 641 g/mol. The fourth-order valence-electron chi connectivity index (χ4n) is 3.79. The summed E-state index contributed by atoms with van der Waals surface area (Å²) >= 11 is 0. The first-order valence-electron chi connectivity index (χ1n) is 13.9. The van der Waals surface area contributed by atoms with E-state index in [9.17, 15) is 31.2 Å². The van der Waals surface area contributed by atoms with Gasteiger partial charge in [-0.25, -0.2) is 9.59 Å². The van der Waals surface area contributed by atoms with E-state index in [2.05, 4.69) is 4.18 Å². The highest BCUT2D eigenvalue weighted by Crippen LogP contribution is 2.39. The van der Waals surface area contributed by atoms with Crippen molar-refractivity contribution in [1.82, 2.24) is 9.80 Å².